The Balaban J connectivity index is 1.43. The number of rotatable bonds is 4. The Labute approximate surface area is 185 Å². The Morgan fingerprint density at radius 2 is 1.87 bits per heavy atom. The van der Waals surface area contributed by atoms with Gasteiger partial charge in [-0.05, 0) is 30.5 Å². The van der Waals surface area contributed by atoms with Crippen molar-refractivity contribution in [1.29, 1.82) is 5.26 Å². The van der Waals surface area contributed by atoms with E-state index in [2.05, 4.69) is 0 Å². The van der Waals surface area contributed by atoms with Crippen molar-refractivity contribution < 1.29 is 19.1 Å². The Kier molecular flexibility index (Phi) is 6.20. The summed E-state index contributed by atoms with van der Waals surface area (Å²) in [6.07, 6.45) is 3.66. The number of Topliss-reactive ketones (excluding diaryl/α,β-unsaturated/α-hetero) is 1. The number of allylic oxidation sites excluding steroid dienone is 1. The van der Waals surface area contributed by atoms with Gasteiger partial charge in [0.2, 0.25) is 0 Å². The number of ketones is 1. The molecule has 2 aromatic rings. The summed E-state index contributed by atoms with van der Waals surface area (Å²) in [5.41, 5.74) is 1.82. The molecule has 2 aromatic carbocycles. The first-order valence-corrected chi connectivity index (χ1v) is 10.5. The monoisotopic (exact) mass is 433 g/mol. The van der Waals surface area contributed by atoms with Crippen LogP contribution in [0.15, 0.2) is 66.4 Å². The van der Waals surface area contributed by atoms with E-state index in [1.807, 2.05) is 36.4 Å². The van der Waals surface area contributed by atoms with E-state index < -0.39 is 12.1 Å². The molecule has 3 unspecified atom stereocenters. The fourth-order valence-corrected chi connectivity index (χ4v) is 4.24. The van der Waals surface area contributed by atoms with Crippen LogP contribution in [0.5, 0.6) is 0 Å². The number of fused-ring (bicyclic) bond motifs is 1. The molecule has 0 aromatic heterocycles. The van der Waals surface area contributed by atoms with Crippen LogP contribution in [0.2, 0.25) is 5.02 Å². The van der Waals surface area contributed by atoms with E-state index in [-0.39, 0.29) is 23.4 Å². The maximum absolute atomic E-state index is 13.0. The van der Waals surface area contributed by atoms with E-state index in [0.29, 0.717) is 35.4 Å². The second-order valence-corrected chi connectivity index (χ2v) is 7.98. The summed E-state index contributed by atoms with van der Waals surface area (Å²) in [6.45, 7) is 0. The average Bonchev–Trinajstić information content (AvgIpc) is 2.79. The second kappa shape index (κ2) is 9.20. The minimum Gasteiger partial charge on any atom is -0.496 e. The third-order valence-electron chi connectivity index (χ3n) is 5.60. The zero-order valence-electron chi connectivity index (χ0n) is 16.7. The number of benzene rings is 2. The average molecular weight is 434 g/mol. The van der Waals surface area contributed by atoms with Gasteiger partial charge >= 0.3 is 5.97 Å². The molecule has 156 valence electrons. The molecule has 3 atom stereocenters. The van der Waals surface area contributed by atoms with Gasteiger partial charge in [-0.1, -0.05) is 60.1 Å². The van der Waals surface area contributed by atoms with Crippen LogP contribution in [-0.2, 0) is 19.1 Å². The van der Waals surface area contributed by atoms with Crippen LogP contribution in [0, 0.1) is 17.2 Å². The molecule has 0 radical (unpaired) electrons. The lowest BCUT2D eigenvalue weighted by molar-refractivity contribution is -0.149. The number of hydrogen-bond donors (Lipinski definition) is 0. The van der Waals surface area contributed by atoms with E-state index in [1.165, 1.54) is 12.3 Å². The zero-order valence-corrected chi connectivity index (χ0v) is 17.4. The molecule has 1 saturated carbocycles. The predicted molar refractivity (Wildman–Crippen MR) is 117 cm³/mol. The number of hydrogen-bond acceptors (Lipinski definition) is 5. The summed E-state index contributed by atoms with van der Waals surface area (Å²) in [5.74, 6) is -0.971. The van der Waals surface area contributed by atoms with Crippen molar-refractivity contribution >= 4 is 35.0 Å². The van der Waals surface area contributed by atoms with Crippen LogP contribution in [0.3, 0.4) is 0 Å². The standard InChI is InChI=1S/C25H20ClNO4/c26-22-9-5-4-8-19(22)21-15-30-23-13-18(10-11-20(23)24(21)28)31-25(29)17(14-27)12-16-6-2-1-3-7-16/h1-9,12,15,18,20,23H,10-11,13H2/b17-12+. The Morgan fingerprint density at radius 1 is 1.13 bits per heavy atom. The molecule has 0 bridgehead atoms. The maximum Gasteiger partial charge on any atom is 0.349 e. The minimum atomic E-state index is -0.663. The first-order valence-electron chi connectivity index (χ1n) is 10.1. The predicted octanol–water partition coefficient (Wildman–Crippen LogP) is 4.97. The minimum absolute atomic E-state index is 0.00388. The van der Waals surface area contributed by atoms with Crippen LogP contribution in [0.1, 0.15) is 30.4 Å². The molecule has 1 heterocycles. The summed E-state index contributed by atoms with van der Waals surface area (Å²) < 4.78 is 11.4. The molecule has 6 heteroatoms. The highest BCUT2D eigenvalue weighted by Gasteiger charge is 2.41. The van der Waals surface area contributed by atoms with Gasteiger partial charge in [0.25, 0.3) is 0 Å². The molecular formula is C25H20ClNO4. The summed E-state index contributed by atoms with van der Waals surface area (Å²) in [6, 6.07) is 18.2. The maximum atomic E-state index is 13.0. The SMILES string of the molecule is N#C/C(=C\c1ccccc1)C(=O)OC1CCC2C(=O)C(c3ccccc3Cl)=COC2C1. The van der Waals surface area contributed by atoms with E-state index >= 15 is 0 Å². The summed E-state index contributed by atoms with van der Waals surface area (Å²) in [7, 11) is 0. The van der Waals surface area contributed by atoms with Gasteiger partial charge in [0, 0.05) is 17.0 Å². The Morgan fingerprint density at radius 3 is 2.61 bits per heavy atom. The molecule has 4 rings (SSSR count). The molecule has 1 aliphatic heterocycles. The van der Waals surface area contributed by atoms with Gasteiger partial charge in [0.1, 0.15) is 23.9 Å². The van der Waals surface area contributed by atoms with Crippen LogP contribution < -0.4 is 0 Å². The van der Waals surface area contributed by atoms with Gasteiger partial charge in [-0.25, -0.2) is 4.79 Å². The number of ether oxygens (including phenoxy) is 2. The summed E-state index contributed by atoms with van der Waals surface area (Å²) in [4.78, 5) is 25.5. The molecule has 0 saturated heterocycles. The summed E-state index contributed by atoms with van der Waals surface area (Å²) >= 11 is 6.24. The lowest BCUT2D eigenvalue weighted by atomic mass is 9.78. The van der Waals surface area contributed by atoms with Crippen molar-refractivity contribution in [3.8, 4) is 6.07 Å². The van der Waals surface area contributed by atoms with Gasteiger partial charge in [0.05, 0.1) is 17.8 Å². The highest BCUT2D eigenvalue weighted by Crippen LogP contribution is 2.38. The lowest BCUT2D eigenvalue weighted by Gasteiger charge is -2.37. The topological polar surface area (TPSA) is 76.4 Å². The van der Waals surface area contributed by atoms with Gasteiger partial charge in [-0.2, -0.15) is 5.26 Å². The summed E-state index contributed by atoms with van der Waals surface area (Å²) in [5, 5.41) is 9.86. The van der Waals surface area contributed by atoms with Crippen LogP contribution in [0.4, 0.5) is 0 Å². The molecule has 0 N–H and O–H groups in total. The number of nitriles is 1. The molecule has 31 heavy (non-hydrogen) atoms. The van der Waals surface area contributed by atoms with Crippen molar-refractivity contribution in [2.45, 2.75) is 31.5 Å². The van der Waals surface area contributed by atoms with Gasteiger partial charge < -0.3 is 9.47 Å². The van der Waals surface area contributed by atoms with E-state index in [0.717, 1.165) is 5.56 Å². The molecule has 2 aliphatic rings. The molecular weight excluding hydrogens is 414 g/mol. The number of nitrogens with zero attached hydrogens (tertiary/aromatic N) is 1. The number of carbonyl (C=O) groups is 2. The first kappa shape index (κ1) is 20.9. The van der Waals surface area contributed by atoms with Crippen molar-refractivity contribution in [3.05, 3.63) is 82.6 Å². The zero-order chi connectivity index (χ0) is 21.8. The molecule has 5 nitrogen and oxygen atoms in total. The second-order valence-electron chi connectivity index (χ2n) is 7.58. The van der Waals surface area contributed by atoms with E-state index in [9.17, 15) is 14.9 Å². The van der Waals surface area contributed by atoms with E-state index in [1.54, 1.807) is 24.3 Å². The fraction of sp³-hybridized carbons (Fsp3) is 0.240. The van der Waals surface area contributed by atoms with Gasteiger partial charge in [-0.3, -0.25) is 4.79 Å². The number of esters is 1. The lowest BCUT2D eigenvalue weighted by Crippen LogP contribution is -2.42. The highest BCUT2D eigenvalue weighted by atomic mass is 35.5. The van der Waals surface area contributed by atoms with Crippen molar-refractivity contribution in [2.24, 2.45) is 5.92 Å². The molecule has 0 amide bonds. The molecule has 0 spiro atoms. The van der Waals surface area contributed by atoms with Crippen molar-refractivity contribution in [2.75, 3.05) is 0 Å². The Bertz CT molecular complexity index is 1100. The Hall–Kier alpha value is -3.36. The molecule has 1 fully saturated rings. The van der Waals surface area contributed by atoms with Crippen LogP contribution >= 0.6 is 11.6 Å². The fourth-order valence-electron chi connectivity index (χ4n) is 4.01. The highest BCUT2D eigenvalue weighted by molar-refractivity contribution is 6.35. The number of halogens is 1. The van der Waals surface area contributed by atoms with Crippen LogP contribution in [-0.4, -0.2) is 24.0 Å². The van der Waals surface area contributed by atoms with Crippen molar-refractivity contribution in [3.63, 3.8) is 0 Å². The third-order valence-corrected chi connectivity index (χ3v) is 5.92. The number of carbonyl (C=O) groups excluding carboxylic acids is 2. The van der Waals surface area contributed by atoms with Crippen molar-refractivity contribution in [1.82, 2.24) is 0 Å². The smallest absolute Gasteiger partial charge is 0.349 e. The normalized spacial score (nSPS) is 23.1. The quantitative estimate of drug-likeness (QED) is 0.386. The van der Waals surface area contributed by atoms with Gasteiger partial charge in [0.15, 0.2) is 5.78 Å². The van der Waals surface area contributed by atoms with E-state index in [4.69, 9.17) is 21.1 Å². The van der Waals surface area contributed by atoms with Gasteiger partial charge in [-0.15, -0.1) is 0 Å². The first-order chi connectivity index (χ1) is 15.1. The largest absolute Gasteiger partial charge is 0.496 e. The third kappa shape index (κ3) is 4.55. The molecule has 1 aliphatic carbocycles. The van der Waals surface area contributed by atoms with Crippen LogP contribution in [0.25, 0.3) is 11.6 Å².